The number of nitrogens with zero attached hydrogens (tertiary/aromatic N) is 1. The first-order valence-electron chi connectivity index (χ1n) is 9.44. The monoisotopic (exact) mass is 399 g/mol. The van der Waals surface area contributed by atoms with Crippen LogP contribution in [0.3, 0.4) is 0 Å². The van der Waals surface area contributed by atoms with Gasteiger partial charge in [-0.2, -0.15) is 0 Å². The summed E-state index contributed by atoms with van der Waals surface area (Å²) in [5, 5.41) is 12.4. The first kappa shape index (κ1) is 19.4. The van der Waals surface area contributed by atoms with Crippen molar-refractivity contribution in [3.63, 3.8) is 0 Å². The quantitative estimate of drug-likeness (QED) is 0.269. The molecule has 0 aliphatic heterocycles. The molecule has 4 rings (SSSR count). The summed E-state index contributed by atoms with van der Waals surface area (Å²) in [7, 11) is 0. The zero-order chi connectivity index (χ0) is 21.3. The van der Waals surface area contributed by atoms with E-state index in [2.05, 4.69) is 0 Å². The molecule has 0 amide bonds. The number of nitro groups is 1. The molecule has 6 nitrogen and oxygen atoms in total. The maximum Gasteiger partial charge on any atom is 0.352 e. The van der Waals surface area contributed by atoms with Crippen molar-refractivity contribution in [2.75, 3.05) is 0 Å². The van der Waals surface area contributed by atoms with Gasteiger partial charge in [-0.3, -0.25) is 24.5 Å². The molecule has 0 bridgehead atoms. The Morgan fingerprint density at radius 3 is 1.77 bits per heavy atom. The van der Waals surface area contributed by atoms with Crippen molar-refractivity contribution >= 4 is 17.3 Å². The average Bonchev–Trinajstić information content (AvgIpc) is 3.01. The van der Waals surface area contributed by atoms with Crippen molar-refractivity contribution in [1.82, 2.24) is 0 Å². The highest BCUT2D eigenvalue weighted by Gasteiger charge is 2.68. The Kier molecular flexibility index (Phi) is 4.83. The van der Waals surface area contributed by atoms with Gasteiger partial charge in [-0.15, -0.1) is 0 Å². The minimum Gasteiger partial charge on any atom is -0.294 e. The summed E-state index contributed by atoms with van der Waals surface area (Å²) in [6.45, 7) is 0. The Hall–Kier alpha value is -3.93. The van der Waals surface area contributed by atoms with Gasteiger partial charge in [0.25, 0.3) is 0 Å². The Morgan fingerprint density at radius 2 is 1.27 bits per heavy atom. The Morgan fingerprint density at radius 1 is 0.800 bits per heavy atom. The smallest absolute Gasteiger partial charge is 0.294 e. The second kappa shape index (κ2) is 7.48. The van der Waals surface area contributed by atoms with E-state index in [0.717, 1.165) is 0 Å². The van der Waals surface area contributed by atoms with Crippen LogP contribution < -0.4 is 0 Å². The predicted molar refractivity (Wildman–Crippen MR) is 109 cm³/mol. The van der Waals surface area contributed by atoms with Crippen molar-refractivity contribution in [3.8, 4) is 0 Å². The van der Waals surface area contributed by atoms with Gasteiger partial charge in [0, 0.05) is 28.0 Å². The van der Waals surface area contributed by atoms with Crippen LogP contribution >= 0.6 is 0 Å². The van der Waals surface area contributed by atoms with E-state index >= 15 is 0 Å². The molecule has 1 atom stereocenters. The molecule has 1 aliphatic carbocycles. The van der Waals surface area contributed by atoms with Gasteiger partial charge in [-0.25, -0.2) is 0 Å². The van der Waals surface area contributed by atoms with Crippen molar-refractivity contribution in [2.24, 2.45) is 0 Å². The third kappa shape index (κ3) is 2.85. The lowest BCUT2D eigenvalue weighted by molar-refractivity contribution is -0.534. The molecule has 0 aromatic heterocycles. The summed E-state index contributed by atoms with van der Waals surface area (Å²) < 4.78 is 0. The second-order valence-electron chi connectivity index (χ2n) is 7.18. The van der Waals surface area contributed by atoms with Crippen LogP contribution in [-0.4, -0.2) is 27.8 Å². The van der Waals surface area contributed by atoms with E-state index in [9.17, 15) is 24.5 Å². The number of hydrogen-bond donors (Lipinski definition) is 0. The fourth-order valence-corrected chi connectivity index (χ4v) is 4.12. The van der Waals surface area contributed by atoms with E-state index < -0.39 is 27.9 Å². The molecule has 1 aliphatic rings. The standard InChI is InChI=1S/C24H17NO5/c26-21(17-11-5-2-6-12-17)15-20(16-9-3-1-4-10-16)24(25(29)30)22(27)18-13-7-8-14-19(18)23(24)28/h1-14,20H,15H2/t20-/m0/s1. The number of carbonyl (C=O) groups is 3. The SMILES string of the molecule is O=C(C[C@@H](c1ccccc1)C1([N+](=O)[O-])C(=O)c2ccccc2C1=O)c1ccccc1. The van der Waals surface area contributed by atoms with Crippen LogP contribution in [0.4, 0.5) is 0 Å². The summed E-state index contributed by atoms with van der Waals surface area (Å²) in [6, 6.07) is 22.6. The summed E-state index contributed by atoms with van der Waals surface area (Å²) in [4.78, 5) is 51.2. The third-order valence-corrected chi connectivity index (χ3v) is 5.59. The molecule has 0 saturated carbocycles. The number of benzene rings is 3. The topological polar surface area (TPSA) is 94.3 Å². The molecule has 6 heteroatoms. The second-order valence-corrected chi connectivity index (χ2v) is 7.18. The van der Waals surface area contributed by atoms with Crippen molar-refractivity contribution in [1.29, 1.82) is 0 Å². The van der Waals surface area contributed by atoms with Crippen LogP contribution in [0.25, 0.3) is 0 Å². The first-order valence-corrected chi connectivity index (χ1v) is 9.44. The van der Waals surface area contributed by atoms with Crippen molar-refractivity contribution in [2.45, 2.75) is 17.9 Å². The highest BCUT2D eigenvalue weighted by molar-refractivity contribution is 6.32. The molecule has 0 saturated heterocycles. The highest BCUT2D eigenvalue weighted by atomic mass is 16.6. The minimum absolute atomic E-state index is 0.0206. The number of carbonyl (C=O) groups excluding carboxylic acids is 3. The van der Waals surface area contributed by atoms with Crippen LogP contribution in [0.2, 0.25) is 0 Å². The maximum absolute atomic E-state index is 13.3. The third-order valence-electron chi connectivity index (χ3n) is 5.59. The highest BCUT2D eigenvalue weighted by Crippen LogP contribution is 2.44. The lowest BCUT2D eigenvalue weighted by Gasteiger charge is -2.27. The number of fused-ring (bicyclic) bond motifs is 1. The van der Waals surface area contributed by atoms with Gasteiger partial charge in [0.05, 0.1) is 5.92 Å². The zero-order valence-corrected chi connectivity index (χ0v) is 15.9. The molecule has 0 fully saturated rings. The number of ketones is 3. The van der Waals surface area contributed by atoms with Gasteiger partial charge >= 0.3 is 5.54 Å². The number of rotatable bonds is 6. The Balaban J connectivity index is 1.89. The van der Waals surface area contributed by atoms with Gasteiger partial charge in [-0.1, -0.05) is 84.9 Å². The van der Waals surface area contributed by atoms with E-state index in [1.54, 1.807) is 72.8 Å². The van der Waals surface area contributed by atoms with Crippen molar-refractivity contribution < 1.29 is 19.3 Å². The molecular formula is C24H17NO5. The summed E-state index contributed by atoms with van der Waals surface area (Å²) in [6.07, 6.45) is -0.347. The summed E-state index contributed by atoms with van der Waals surface area (Å²) in [5.74, 6) is -3.36. The first-order chi connectivity index (χ1) is 14.5. The van der Waals surface area contributed by atoms with Gasteiger partial charge < -0.3 is 0 Å². The molecule has 0 heterocycles. The molecule has 30 heavy (non-hydrogen) atoms. The predicted octanol–water partition coefficient (Wildman–Crippen LogP) is 4.14. The summed E-state index contributed by atoms with van der Waals surface area (Å²) >= 11 is 0. The summed E-state index contributed by atoms with van der Waals surface area (Å²) in [5.41, 5.74) is -1.77. The molecule has 0 unspecified atom stereocenters. The Bertz CT molecular complexity index is 1120. The molecule has 3 aromatic rings. The van der Waals surface area contributed by atoms with Gasteiger partial charge in [0.2, 0.25) is 11.6 Å². The van der Waals surface area contributed by atoms with Crippen molar-refractivity contribution in [3.05, 3.63) is 117 Å². The van der Waals surface area contributed by atoms with Crippen LogP contribution in [0.15, 0.2) is 84.9 Å². The lowest BCUT2D eigenvalue weighted by Crippen LogP contribution is -2.54. The van der Waals surface area contributed by atoms with Gasteiger partial charge in [-0.05, 0) is 5.56 Å². The number of hydrogen-bond acceptors (Lipinski definition) is 5. The van der Waals surface area contributed by atoms with Crippen LogP contribution in [0, 0.1) is 10.1 Å². The van der Waals surface area contributed by atoms with Crippen LogP contribution in [0.1, 0.15) is 49.0 Å². The average molecular weight is 399 g/mol. The molecule has 0 radical (unpaired) electrons. The zero-order valence-electron chi connectivity index (χ0n) is 15.9. The van der Waals surface area contributed by atoms with E-state index in [1.165, 1.54) is 12.1 Å². The normalized spacial score (nSPS) is 15.5. The fraction of sp³-hybridized carbons (Fsp3) is 0.125. The van der Waals surface area contributed by atoms with E-state index in [1.807, 2.05) is 0 Å². The van der Waals surface area contributed by atoms with E-state index in [-0.39, 0.29) is 23.3 Å². The fourth-order valence-electron chi connectivity index (χ4n) is 4.12. The minimum atomic E-state index is -2.57. The van der Waals surface area contributed by atoms with Gasteiger partial charge in [0.1, 0.15) is 0 Å². The lowest BCUT2D eigenvalue weighted by atomic mass is 9.73. The largest absolute Gasteiger partial charge is 0.352 e. The number of Topliss-reactive ketones (excluding diaryl/α,β-unsaturated/α-hetero) is 3. The molecule has 3 aromatic carbocycles. The van der Waals surface area contributed by atoms with Crippen LogP contribution in [-0.2, 0) is 0 Å². The van der Waals surface area contributed by atoms with E-state index in [0.29, 0.717) is 11.1 Å². The molecular weight excluding hydrogens is 382 g/mol. The maximum atomic E-state index is 13.3. The molecule has 0 N–H and O–H groups in total. The molecule has 148 valence electrons. The Labute approximate surface area is 172 Å². The van der Waals surface area contributed by atoms with Gasteiger partial charge in [0.15, 0.2) is 5.78 Å². The van der Waals surface area contributed by atoms with E-state index in [4.69, 9.17) is 0 Å². The van der Waals surface area contributed by atoms with Crippen LogP contribution in [0.5, 0.6) is 0 Å². The molecule has 0 spiro atoms.